The Morgan fingerprint density at radius 2 is 1.39 bits per heavy atom. The van der Waals surface area contributed by atoms with Crippen molar-refractivity contribution in [3.63, 3.8) is 0 Å². The molecule has 0 aliphatic carbocycles. The summed E-state index contributed by atoms with van der Waals surface area (Å²) in [6.07, 6.45) is 12.3. The fraction of sp³-hybridized carbons (Fsp3) is 0.933. The highest BCUT2D eigenvalue weighted by molar-refractivity contribution is 5.75. The van der Waals surface area contributed by atoms with Crippen LogP contribution in [0.5, 0.6) is 0 Å². The molecule has 18 heavy (non-hydrogen) atoms. The van der Waals surface area contributed by atoms with E-state index in [1.807, 2.05) is 13.8 Å². The van der Waals surface area contributed by atoms with Gasteiger partial charge < -0.3 is 0 Å². The smallest absolute Gasteiger partial charge is 0.234 e. The Hall–Kier alpha value is -0.570. The average Bonchev–Trinajstić information content (AvgIpc) is 2.34. The van der Waals surface area contributed by atoms with Crippen LogP contribution in [0.3, 0.4) is 0 Å². The van der Waals surface area contributed by atoms with Crippen LogP contribution >= 0.6 is 0 Å². The molecule has 0 aromatic rings. The predicted molar refractivity (Wildman–Crippen MR) is 78.3 cm³/mol. The maximum atomic E-state index is 11.4. The molecule has 0 fully saturated rings. The molecular weight excluding hydrogens is 224 g/mol. The van der Waals surface area contributed by atoms with Crippen LogP contribution in [0.15, 0.2) is 0 Å². The third-order valence-electron chi connectivity index (χ3n) is 3.01. The molecule has 0 unspecified atom stereocenters. The fourth-order valence-electron chi connectivity index (χ4n) is 1.88. The third kappa shape index (κ3) is 13.5. The van der Waals surface area contributed by atoms with Crippen molar-refractivity contribution in [2.75, 3.05) is 0 Å². The minimum atomic E-state index is 0.117. The number of amides is 1. The summed E-state index contributed by atoms with van der Waals surface area (Å²) >= 11 is 0. The number of hydrogen-bond acceptors (Lipinski definition) is 2. The van der Waals surface area contributed by atoms with E-state index in [9.17, 15) is 4.79 Å². The second-order valence-corrected chi connectivity index (χ2v) is 5.43. The molecule has 3 nitrogen and oxygen atoms in total. The van der Waals surface area contributed by atoms with Crippen molar-refractivity contribution in [3.8, 4) is 0 Å². The van der Waals surface area contributed by atoms with Crippen molar-refractivity contribution in [3.05, 3.63) is 0 Å². The summed E-state index contributed by atoms with van der Waals surface area (Å²) in [4.78, 5) is 11.4. The van der Waals surface area contributed by atoms with Crippen LogP contribution in [0, 0.1) is 0 Å². The van der Waals surface area contributed by atoms with Gasteiger partial charge in [-0.2, -0.15) is 0 Å². The lowest BCUT2D eigenvalue weighted by molar-refractivity contribution is -0.122. The Labute approximate surface area is 113 Å². The molecule has 0 aromatic heterocycles. The van der Waals surface area contributed by atoms with Gasteiger partial charge in [0.1, 0.15) is 0 Å². The first-order valence-corrected chi connectivity index (χ1v) is 7.71. The monoisotopic (exact) mass is 256 g/mol. The van der Waals surface area contributed by atoms with Gasteiger partial charge in [-0.15, -0.1) is 0 Å². The van der Waals surface area contributed by atoms with Gasteiger partial charge in [-0.25, -0.2) is 5.43 Å². The zero-order valence-electron chi connectivity index (χ0n) is 12.6. The van der Waals surface area contributed by atoms with E-state index in [-0.39, 0.29) is 5.91 Å². The summed E-state index contributed by atoms with van der Waals surface area (Å²) in [6, 6.07) is 0.303. The van der Waals surface area contributed by atoms with E-state index in [0.29, 0.717) is 12.5 Å². The third-order valence-corrected chi connectivity index (χ3v) is 3.01. The van der Waals surface area contributed by atoms with Gasteiger partial charge in [0.15, 0.2) is 0 Å². The second-order valence-electron chi connectivity index (χ2n) is 5.43. The highest BCUT2D eigenvalue weighted by Gasteiger charge is 2.00. The van der Waals surface area contributed by atoms with Crippen LogP contribution in [0.2, 0.25) is 0 Å². The van der Waals surface area contributed by atoms with Gasteiger partial charge >= 0.3 is 0 Å². The largest absolute Gasteiger partial charge is 0.291 e. The molecule has 0 atom stereocenters. The van der Waals surface area contributed by atoms with E-state index < -0.39 is 0 Å². The molecular formula is C15H32N2O. The lowest BCUT2D eigenvalue weighted by Crippen LogP contribution is -2.41. The average molecular weight is 256 g/mol. The Morgan fingerprint density at radius 3 is 1.89 bits per heavy atom. The Bertz CT molecular complexity index is 193. The van der Waals surface area contributed by atoms with Crippen LogP contribution in [0.25, 0.3) is 0 Å². The van der Waals surface area contributed by atoms with Crippen molar-refractivity contribution >= 4 is 5.91 Å². The van der Waals surface area contributed by atoms with Gasteiger partial charge in [-0.1, -0.05) is 58.3 Å². The van der Waals surface area contributed by atoms with Crippen molar-refractivity contribution in [2.45, 2.75) is 91.0 Å². The number of rotatable bonds is 12. The normalized spacial score (nSPS) is 10.9. The Kier molecular flexibility index (Phi) is 12.5. The Balaban J connectivity index is 3.12. The first-order chi connectivity index (χ1) is 8.66. The molecule has 0 spiro atoms. The number of unbranched alkanes of at least 4 members (excludes halogenated alkanes) is 8. The van der Waals surface area contributed by atoms with Crippen LogP contribution in [-0.4, -0.2) is 11.9 Å². The number of hydrogen-bond donors (Lipinski definition) is 2. The molecule has 0 bridgehead atoms. The SMILES string of the molecule is CCCCCCCCCCCC(=O)NNC(C)C. The number of hydrazine groups is 1. The van der Waals surface area contributed by atoms with Crippen molar-refractivity contribution < 1.29 is 4.79 Å². The molecule has 0 saturated heterocycles. The van der Waals surface area contributed by atoms with Gasteiger partial charge in [-0.3, -0.25) is 10.2 Å². The van der Waals surface area contributed by atoms with E-state index in [0.717, 1.165) is 6.42 Å². The van der Waals surface area contributed by atoms with E-state index in [1.165, 1.54) is 51.4 Å². The molecule has 108 valence electrons. The number of carbonyl (C=O) groups excluding carboxylic acids is 1. The van der Waals surface area contributed by atoms with Crippen LogP contribution < -0.4 is 10.9 Å². The highest BCUT2D eigenvalue weighted by atomic mass is 16.2. The maximum Gasteiger partial charge on any atom is 0.234 e. The minimum Gasteiger partial charge on any atom is -0.291 e. The second kappa shape index (κ2) is 12.9. The first kappa shape index (κ1) is 17.4. The number of nitrogens with one attached hydrogen (secondary N) is 2. The molecule has 0 aliphatic heterocycles. The molecule has 0 rings (SSSR count). The molecule has 0 aliphatic rings. The molecule has 1 amide bonds. The summed E-state index contributed by atoms with van der Waals surface area (Å²) < 4.78 is 0. The summed E-state index contributed by atoms with van der Waals surface area (Å²) in [5.74, 6) is 0.117. The molecule has 3 heteroatoms. The van der Waals surface area contributed by atoms with E-state index >= 15 is 0 Å². The van der Waals surface area contributed by atoms with Gasteiger partial charge in [0.05, 0.1) is 0 Å². The zero-order chi connectivity index (χ0) is 13.6. The standard InChI is InChI=1S/C15H32N2O/c1-4-5-6-7-8-9-10-11-12-13-15(18)17-16-14(2)3/h14,16H,4-13H2,1-3H3,(H,17,18). The molecule has 0 saturated carbocycles. The summed E-state index contributed by atoms with van der Waals surface area (Å²) in [6.45, 7) is 6.27. The molecule has 0 aromatic carbocycles. The fourth-order valence-corrected chi connectivity index (χ4v) is 1.88. The van der Waals surface area contributed by atoms with Crippen LogP contribution in [0.4, 0.5) is 0 Å². The van der Waals surface area contributed by atoms with Gasteiger partial charge in [0, 0.05) is 12.5 Å². The zero-order valence-corrected chi connectivity index (χ0v) is 12.6. The molecule has 0 radical (unpaired) electrons. The Morgan fingerprint density at radius 1 is 0.889 bits per heavy atom. The summed E-state index contributed by atoms with van der Waals surface area (Å²) in [5.41, 5.74) is 5.64. The van der Waals surface area contributed by atoms with Crippen molar-refractivity contribution in [1.29, 1.82) is 0 Å². The van der Waals surface area contributed by atoms with E-state index in [2.05, 4.69) is 17.8 Å². The van der Waals surface area contributed by atoms with Gasteiger partial charge in [0.25, 0.3) is 0 Å². The van der Waals surface area contributed by atoms with E-state index in [1.54, 1.807) is 0 Å². The van der Waals surface area contributed by atoms with Crippen LogP contribution in [0.1, 0.15) is 85.0 Å². The maximum absolute atomic E-state index is 11.4. The highest BCUT2D eigenvalue weighted by Crippen LogP contribution is 2.10. The summed E-state index contributed by atoms with van der Waals surface area (Å²) in [7, 11) is 0. The van der Waals surface area contributed by atoms with Gasteiger partial charge in [-0.05, 0) is 20.3 Å². The molecule has 2 N–H and O–H groups in total. The lowest BCUT2D eigenvalue weighted by Gasteiger charge is -2.09. The summed E-state index contributed by atoms with van der Waals surface area (Å²) in [5, 5.41) is 0. The predicted octanol–water partition coefficient (Wildman–Crippen LogP) is 3.94. The topological polar surface area (TPSA) is 41.1 Å². The van der Waals surface area contributed by atoms with Crippen molar-refractivity contribution in [2.24, 2.45) is 0 Å². The number of carbonyl (C=O) groups is 1. The first-order valence-electron chi connectivity index (χ1n) is 7.71. The quantitative estimate of drug-likeness (QED) is 0.410. The van der Waals surface area contributed by atoms with Crippen molar-refractivity contribution in [1.82, 2.24) is 10.9 Å². The van der Waals surface area contributed by atoms with E-state index in [4.69, 9.17) is 0 Å². The van der Waals surface area contributed by atoms with Gasteiger partial charge in [0.2, 0.25) is 5.91 Å². The lowest BCUT2D eigenvalue weighted by atomic mass is 10.1. The molecule has 0 heterocycles. The van der Waals surface area contributed by atoms with Crippen LogP contribution in [-0.2, 0) is 4.79 Å². The minimum absolute atomic E-state index is 0.117.